The van der Waals surface area contributed by atoms with E-state index in [4.69, 9.17) is 0 Å². The Bertz CT molecular complexity index is 3240. The van der Waals surface area contributed by atoms with Gasteiger partial charge in [-0.05, 0) is 156 Å². The van der Waals surface area contributed by atoms with Crippen molar-refractivity contribution in [1.29, 1.82) is 0 Å². The second-order valence-electron chi connectivity index (χ2n) is 21.1. The van der Waals surface area contributed by atoms with Crippen LogP contribution >= 0.6 is 0 Å². The summed E-state index contributed by atoms with van der Waals surface area (Å²) in [5.41, 5.74) is 21.6. The SMILES string of the molecule is CC(C)(C)c1ccc2c(c1)C(C)(C)c1cc(-c3ccc4c(c3)C(C)(C)c3cc(-c5cccc(-c6ccc7ccc8cc(C(C)(C)C)cc9ccc6c7c89)c5)ccc3-4)ccc1-2. The summed E-state index contributed by atoms with van der Waals surface area (Å²) in [7, 11) is 0. The van der Waals surface area contributed by atoms with Crippen LogP contribution in [0.4, 0.5) is 0 Å². The van der Waals surface area contributed by atoms with E-state index in [-0.39, 0.29) is 21.7 Å². The Hall–Kier alpha value is -5.98. The summed E-state index contributed by atoms with van der Waals surface area (Å²) in [6.07, 6.45) is 0. The molecule has 0 unspecified atom stereocenters. The molecule has 0 amide bonds. The van der Waals surface area contributed by atoms with Gasteiger partial charge in [-0.2, -0.15) is 0 Å². The molecule has 9 aromatic rings. The molecule has 60 heavy (non-hydrogen) atoms. The second-order valence-corrected chi connectivity index (χ2v) is 21.1. The van der Waals surface area contributed by atoms with E-state index in [1.54, 1.807) is 0 Å². The molecule has 0 saturated carbocycles. The predicted octanol–water partition coefficient (Wildman–Crippen LogP) is 16.8. The number of fused-ring (bicyclic) bond motifs is 6. The first-order valence-electron chi connectivity index (χ1n) is 21.9. The van der Waals surface area contributed by atoms with Gasteiger partial charge in [0.2, 0.25) is 0 Å². The normalized spacial score (nSPS) is 15.1. The van der Waals surface area contributed by atoms with E-state index in [0.29, 0.717) is 0 Å². The molecule has 9 aromatic carbocycles. The van der Waals surface area contributed by atoms with E-state index < -0.39 is 0 Å². The maximum Gasteiger partial charge on any atom is 0.0159 e. The van der Waals surface area contributed by atoms with Gasteiger partial charge in [0.1, 0.15) is 0 Å². The fourth-order valence-corrected chi connectivity index (χ4v) is 10.9. The molecule has 11 rings (SSSR count). The minimum absolute atomic E-state index is 0.0572. The Labute approximate surface area is 356 Å². The number of hydrogen-bond donors (Lipinski definition) is 0. The maximum absolute atomic E-state index is 2.47. The van der Waals surface area contributed by atoms with Crippen LogP contribution in [0.15, 0.2) is 146 Å². The zero-order chi connectivity index (χ0) is 41.7. The van der Waals surface area contributed by atoms with Crippen LogP contribution in [0.3, 0.4) is 0 Å². The Kier molecular flexibility index (Phi) is 7.59. The summed E-state index contributed by atoms with van der Waals surface area (Å²) >= 11 is 0. The monoisotopic (exact) mass is 774 g/mol. The molecule has 0 radical (unpaired) electrons. The smallest absolute Gasteiger partial charge is 0.0159 e. The summed E-state index contributed by atoms with van der Waals surface area (Å²) < 4.78 is 0. The van der Waals surface area contributed by atoms with Crippen molar-refractivity contribution in [3.05, 3.63) is 179 Å². The Balaban J connectivity index is 0.940. The van der Waals surface area contributed by atoms with Crippen LogP contribution in [0, 0.1) is 0 Å². The van der Waals surface area contributed by atoms with Gasteiger partial charge in [-0.3, -0.25) is 0 Å². The molecule has 0 heterocycles. The lowest BCUT2D eigenvalue weighted by molar-refractivity contribution is 0.584. The molecule has 0 heteroatoms. The minimum atomic E-state index is -0.136. The van der Waals surface area contributed by atoms with E-state index in [1.807, 2.05) is 0 Å². The van der Waals surface area contributed by atoms with Crippen LogP contribution in [0.1, 0.15) is 103 Å². The fraction of sp³-hybridized carbons (Fsp3) is 0.233. The molecule has 0 aliphatic heterocycles. The Morgan fingerprint density at radius 1 is 0.317 bits per heavy atom. The molecular formula is C60H54. The quantitative estimate of drug-likeness (QED) is 0.157. The van der Waals surface area contributed by atoms with Gasteiger partial charge in [0, 0.05) is 10.8 Å². The lowest BCUT2D eigenvalue weighted by Crippen LogP contribution is -2.17. The van der Waals surface area contributed by atoms with E-state index in [9.17, 15) is 0 Å². The van der Waals surface area contributed by atoms with Gasteiger partial charge in [-0.25, -0.2) is 0 Å². The van der Waals surface area contributed by atoms with Gasteiger partial charge < -0.3 is 0 Å². The fourth-order valence-electron chi connectivity index (χ4n) is 10.9. The van der Waals surface area contributed by atoms with Crippen molar-refractivity contribution in [1.82, 2.24) is 0 Å². The summed E-state index contributed by atoms with van der Waals surface area (Å²) in [5.74, 6) is 0. The molecular weight excluding hydrogens is 721 g/mol. The van der Waals surface area contributed by atoms with Crippen molar-refractivity contribution in [2.24, 2.45) is 0 Å². The maximum atomic E-state index is 2.47. The molecule has 294 valence electrons. The lowest BCUT2D eigenvalue weighted by atomic mass is 9.78. The van der Waals surface area contributed by atoms with Crippen LogP contribution in [0.2, 0.25) is 0 Å². The van der Waals surface area contributed by atoms with Gasteiger partial charge in [0.25, 0.3) is 0 Å². The topological polar surface area (TPSA) is 0 Å². The van der Waals surface area contributed by atoms with E-state index in [0.717, 1.165) is 0 Å². The minimum Gasteiger partial charge on any atom is -0.0610 e. The van der Waals surface area contributed by atoms with Crippen LogP contribution in [-0.2, 0) is 21.7 Å². The van der Waals surface area contributed by atoms with Crippen molar-refractivity contribution in [3.8, 4) is 55.6 Å². The van der Waals surface area contributed by atoms with Gasteiger partial charge in [-0.1, -0.05) is 191 Å². The molecule has 2 aliphatic rings. The van der Waals surface area contributed by atoms with Crippen LogP contribution in [0.5, 0.6) is 0 Å². The van der Waals surface area contributed by atoms with Crippen molar-refractivity contribution in [3.63, 3.8) is 0 Å². The van der Waals surface area contributed by atoms with Gasteiger partial charge in [0.05, 0.1) is 0 Å². The third-order valence-electron chi connectivity index (χ3n) is 14.5. The second kappa shape index (κ2) is 12.3. The molecule has 0 saturated heterocycles. The molecule has 0 nitrogen and oxygen atoms in total. The van der Waals surface area contributed by atoms with Gasteiger partial charge in [0.15, 0.2) is 0 Å². The molecule has 0 spiro atoms. The van der Waals surface area contributed by atoms with Crippen molar-refractivity contribution in [2.75, 3.05) is 0 Å². The van der Waals surface area contributed by atoms with Gasteiger partial charge in [-0.15, -0.1) is 0 Å². The lowest BCUT2D eigenvalue weighted by Gasteiger charge is -2.25. The van der Waals surface area contributed by atoms with Crippen molar-refractivity contribution >= 4 is 32.3 Å². The summed E-state index contributed by atoms with van der Waals surface area (Å²) in [6.45, 7) is 23.5. The first-order chi connectivity index (χ1) is 28.5. The van der Waals surface area contributed by atoms with Crippen molar-refractivity contribution < 1.29 is 0 Å². The zero-order valence-electron chi connectivity index (χ0n) is 36.9. The van der Waals surface area contributed by atoms with Crippen molar-refractivity contribution in [2.45, 2.75) is 90.9 Å². The molecule has 0 aromatic heterocycles. The van der Waals surface area contributed by atoms with Crippen LogP contribution < -0.4 is 0 Å². The third-order valence-corrected chi connectivity index (χ3v) is 14.5. The van der Waals surface area contributed by atoms with E-state index >= 15 is 0 Å². The van der Waals surface area contributed by atoms with Crippen LogP contribution in [0.25, 0.3) is 88.0 Å². The molecule has 0 N–H and O–H groups in total. The number of hydrogen-bond acceptors (Lipinski definition) is 0. The molecule has 0 atom stereocenters. The first-order valence-corrected chi connectivity index (χ1v) is 21.9. The van der Waals surface area contributed by atoms with Crippen LogP contribution in [-0.4, -0.2) is 0 Å². The number of benzene rings is 9. The summed E-state index contributed by atoms with van der Waals surface area (Å²) in [6, 6.07) is 56.6. The highest BCUT2D eigenvalue weighted by molar-refractivity contribution is 6.25. The van der Waals surface area contributed by atoms with E-state index in [2.05, 4.69) is 215 Å². The van der Waals surface area contributed by atoms with Gasteiger partial charge >= 0.3 is 0 Å². The Morgan fingerprint density at radius 2 is 0.733 bits per heavy atom. The molecule has 0 bridgehead atoms. The molecule has 2 aliphatic carbocycles. The first kappa shape index (κ1) is 37.1. The highest BCUT2D eigenvalue weighted by atomic mass is 14.4. The average Bonchev–Trinajstić information content (AvgIpc) is 3.60. The third kappa shape index (κ3) is 5.35. The van der Waals surface area contributed by atoms with E-state index in [1.165, 1.54) is 121 Å². The summed E-state index contributed by atoms with van der Waals surface area (Å²) in [5, 5.41) is 8.02. The average molecular weight is 775 g/mol. The zero-order valence-corrected chi connectivity index (χ0v) is 36.9. The number of rotatable bonds is 3. The largest absolute Gasteiger partial charge is 0.0610 e. The highest BCUT2D eigenvalue weighted by Crippen LogP contribution is 2.53. The molecule has 0 fully saturated rings. The predicted molar refractivity (Wildman–Crippen MR) is 259 cm³/mol. The summed E-state index contributed by atoms with van der Waals surface area (Å²) in [4.78, 5) is 0. The standard InChI is InChI=1S/C60H54/c1-57(2,3)43-21-27-49-48-25-19-39(33-53(48)60(9,10)54(49)34-43)38-18-24-47-46-23-17-37(31-51(46)59(7,8)52(47)32-38)36-12-11-13-40(28-36)45-22-16-35-14-15-41-29-44(58(4,5)6)30-42-20-26-50(45)56(35)55(41)42/h11-34H,1-10H3. The highest BCUT2D eigenvalue weighted by Gasteiger charge is 2.38. The Morgan fingerprint density at radius 3 is 1.27 bits per heavy atom.